The Hall–Kier alpha value is -2.41. The molecule has 0 aliphatic carbocycles. The van der Waals surface area contributed by atoms with Gasteiger partial charge in [0, 0.05) is 0 Å². The van der Waals surface area contributed by atoms with E-state index in [9.17, 15) is 14.0 Å². The number of carbonyl (C=O) groups is 2. The molecule has 2 amide bonds. The van der Waals surface area contributed by atoms with Crippen molar-refractivity contribution in [2.24, 2.45) is 0 Å². The molecule has 5 nitrogen and oxygen atoms in total. The Bertz CT molecular complexity index is 812. The van der Waals surface area contributed by atoms with Gasteiger partial charge >= 0.3 is 0 Å². The first-order valence-corrected chi connectivity index (χ1v) is 8.07. The van der Waals surface area contributed by atoms with Gasteiger partial charge in [-0.1, -0.05) is 12.1 Å². The van der Waals surface area contributed by atoms with Crippen LogP contribution in [0.15, 0.2) is 46.9 Å². The molecule has 7 heteroatoms. The summed E-state index contributed by atoms with van der Waals surface area (Å²) in [4.78, 5) is 25.9. The van der Waals surface area contributed by atoms with Gasteiger partial charge in [-0.25, -0.2) is 4.39 Å². The molecule has 0 saturated carbocycles. The van der Waals surface area contributed by atoms with E-state index in [1.54, 1.807) is 31.2 Å². The molecule has 1 aliphatic rings. The maximum atomic E-state index is 13.1. The van der Waals surface area contributed by atoms with Gasteiger partial charge in [-0.3, -0.25) is 14.5 Å². The summed E-state index contributed by atoms with van der Waals surface area (Å²) in [6.45, 7) is 1.52. The molecule has 2 aromatic carbocycles. The molecular weight excluding hydrogens is 379 g/mol. The van der Waals surface area contributed by atoms with Crippen LogP contribution in [-0.4, -0.2) is 24.5 Å². The van der Waals surface area contributed by atoms with Gasteiger partial charge in [0.15, 0.2) is 6.10 Å². The Morgan fingerprint density at radius 1 is 1.33 bits per heavy atom. The predicted molar refractivity (Wildman–Crippen MR) is 91.6 cm³/mol. The Labute approximate surface area is 146 Å². The highest BCUT2D eigenvalue weighted by atomic mass is 79.9. The van der Waals surface area contributed by atoms with E-state index in [1.807, 2.05) is 0 Å². The van der Waals surface area contributed by atoms with Crippen molar-refractivity contribution in [2.75, 3.05) is 16.8 Å². The third kappa shape index (κ3) is 3.26. The maximum absolute atomic E-state index is 13.1. The van der Waals surface area contributed by atoms with Crippen molar-refractivity contribution in [2.45, 2.75) is 13.0 Å². The number of ether oxygens (including phenoxy) is 1. The average Bonchev–Trinajstić information content (AvgIpc) is 2.55. The first kappa shape index (κ1) is 16.4. The van der Waals surface area contributed by atoms with Crippen molar-refractivity contribution in [3.05, 3.63) is 52.8 Å². The second-order valence-corrected chi connectivity index (χ2v) is 6.18. The van der Waals surface area contributed by atoms with Gasteiger partial charge in [0.25, 0.3) is 5.91 Å². The van der Waals surface area contributed by atoms with Crippen LogP contribution in [0.1, 0.15) is 6.92 Å². The molecule has 0 fully saturated rings. The lowest BCUT2D eigenvalue weighted by Gasteiger charge is -2.31. The van der Waals surface area contributed by atoms with Crippen molar-refractivity contribution >= 4 is 39.1 Å². The number of amides is 2. The molecule has 1 N–H and O–H groups in total. The summed E-state index contributed by atoms with van der Waals surface area (Å²) < 4.78 is 19.2. The minimum Gasteiger partial charge on any atom is -0.480 e. The fourth-order valence-corrected chi connectivity index (χ4v) is 2.91. The minimum atomic E-state index is -0.842. The number of carbonyl (C=O) groups excluding carboxylic acids is 2. The highest BCUT2D eigenvalue weighted by Crippen LogP contribution is 2.31. The first-order valence-electron chi connectivity index (χ1n) is 7.27. The van der Waals surface area contributed by atoms with E-state index < -0.39 is 11.9 Å². The molecule has 0 radical (unpaired) electrons. The molecule has 2 aromatic rings. The highest BCUT2D eigenvalue weighted by Gasteiger charge is 2.30. The molecule has 0 bridgehead atoms. The highest BCUT2D eigenvalue weighted by molar-refractivity contribution is 9.10. The summed E-state index contributed by atoms with van der Waals surface area (Å²) in [5.74, 6) is -0.674. The summed E-state index contributed by atoms with van der Waals surface area (Å²) in [6, 6.07) is 11.0. The van der Waals surface area contributed by atoms with Crippen molar-refractivity contribution in [1.82, 2.24) is 0 Å². The lowest BCUT2D eigenvalue weighted by Crippen LogP contribution is -2.47. The van der Waals surface area contributed by atoms with Crippen LogP contribution in [0, 0.1) is 5.82 Å². The molecule has 0 unspecified atom stereocenters. The van der Waals surface area contributed by atoms with Gasteiger partial charge in [-0.2, -0.15) is 0 Å². The summed E-state index contributed by atoms with van der Waals surface area (Å²) in [5, 5.41) is 2.73. The predicted octanol–water partition coefficient (Wildman–Crippen LogP) is 3.34. The number of rotatable bonds is 3. The van der Waals surface area contributed by atoms with Crippen LogP contribution < -0.4 is 15.0 Å². The van der Waals surface area contributed by atoms with Crippen LogP contribution in [0.5, 0.6) is 5.75 Å². The summed E-state index contributed by atoms with van der Waals surface area (Å²) >= 11 is 3.20. The van der Waals surface area contributed by atoms with Gasteiger partial charge in [-0.15, -0.1) is 0 Å². The SMILES string of the molecule is C[C@H](Oc1ccc(F)cc1Br)C(=O)N1CC(=O)Nc2ccccc21. The smallest absolute Gasteiger partial charge is 0.268 e. The Morgan fingerprint density at radius 3 is 2.83 bits per heavy atom. The van der Waals surface area contributed by atoms with Crippen LogP contribution in [0.3, 0.4) is 0 Å². The van der Waals surface area contributed by atoms with Crippen molar-refractivity contribution in [3.8, 4) is 5.75 Å². The van der Waals surface area contributed by atoms with E-state index in [1.165, 1.54) is 23.1 Å². The van der Waals surface area contributed by atoms with Crippen molar-refractivity contribution in [3.63, 3.8) is 0 Å². The second kappa shape index (κ2) is 6.60. The Morgan fingerprint density at radius 2 is 2.08 bits per heavy atom. The van der Waals surface area contributed by atoms with Crippen LogP contribution in [-0.2, 0) is 9.59 Å². The van der Waals surface area contributed by atoms with E-state index in [-0.39, 0.29) is 18.4 Å². The largest absolute Gasteiger partial charge is 0.480 e. The topological polar surface area (TPSA) is 58.6 Å². The Balaban J connectivity index is 1.82. The lowest BCUT2D eigenvalue weighted by atomic mass is 10.1. The molecule has 1 heterocycles. The van der Waals surface area contributed by atoms with Crippen LogP contribution in [0.4, 0.5) is 15.8 Å². The summed E-state index contributed by atoms with van der Waals surface area (Å²) in [5.41, 5.74) is 1.20. The number of hydrogen-bond acceptors (Lipinski definition) is 3. The number of nitrogens with one attached hydrogen (secondary N) is 1. The molecule has 0 spiro atoms. The van der Waals surface area contributed by atoms with E-state index >= 15 is 0 Å². The Kier molecular flexibility index (Phi) is 4.53. The maximum Gasteiger partial charge on any atom is 0.268 e. The number of anilines is 2. The molecule has 124 valence electrons. The van der Waals surface area contributed by atoms with Crippen LogP contribution >= 0.6 is 15.9 Å². The van der Waals surface area contributed by atoms with Gasteiger partial charge in [0.05, 0.1) is 15.8 Å². The van der Waals surface area contributed by atoms with Crippen LogP contribution in [0.25, 0.3) is 0 Å². The first-order chi connectivity index (χ1) is 11.5. The van der Waals surface area contributed by atoms with Gasteiger partial charge < -0.3 is 10.1 Å². The van der Waals surface area contributed by atoms with Crippen molar-refractivity contribution in [1.29, 1.82) is 0 Å². The number of halogens is 2. The third-order valence-corrected chi connectivity index (χ3v) is 4.20. The number of para-hydroxylation sites is 2. The van der Waals surface area contributed by atoms with E-state index in [2.05, 4.69) is 21.2 Å². The fourth-order valence-electron chi connectivity index (χ4n) is 2.46. The van der Waals surface area contributed by atoms with Gasteiger partial charge in [0.1, 0.15) is 18.1 Å². The number of benzene rings is 2. The summed E-state index contributed by atoms with van der Waals surface area (Å²) in [7, 11) is 0. The van der Waals surface area contributed by atoms with E-state index in [0.29, 0.717) is 21.6 Å². The minimum absolute atomic E-state index is 0.0753. The standard InChI is InChI=1S/C17H14BrFN2O3/c1-10(24-15-7-6-11(19)8-12(15)18)17(23)21-9-16(22)20-13-4-2-3-5-14(13)21/h2-8,10H,9H2,1H3,(H,20,22)/t10-/m0/s1. The molecule has 0 saturated heterocycles. The third-order valence-electron chi connectivity index (χ3n) is 3.58. The molecule has 24 heavy (non-hydrogen) atoms. The zero-order valence-corrected chi connectivity index (χ0v) is 14.3. The van der Waals surface area contributed by atoms with E-state index in [0.717, 1.165) is 0 Å². The quantitative estimate of drug-likeness (QED) is 0.871. The average molecular weight is 393 g/mol. The van der Waals surface area contributed by atoms with Crippen LogP contribution in [0.2, 0.25) is 0 Å². The van der Waals surface area contributed by atoms with Crippen molar-refractivity contribution < 1.29 is 18.7 Å². The normalized spacial score (nSPS) is 14.6. The fraction of sp³-hybridized carbons (Fsp3) is 0.176. The van der Waals surface area contributed by atoms with Gasteiger partial charge in [0.2, 0.25) is 5.91 Å². The number of nitrogens with zero attached hydrogens (tertiary/aromatic N) is 1. The molecule has 1 atom stereocenters. The molecule has 1 aliphatic heterocycles. The molecule has 0 aromatic heterocycles. The summed E-state index contributed by atoms with van der Waals surface area (Å²) in [6.07, 6.45) is -0.842. The zero-order valence-electron chi connectivity index (χ0n) is 12.8. The zero-order chi connectivity index (χ0) is 17.3. The molecule has 3 rings (SSSR count). The lowest BCUT2D eigenvalue weighted by molar-refractivity contribution is -0.126. The monoisotopic (exact) mass is 392 g/mol. The van der Waals surface area contributed by atoms with E-state index in [4.69, 9.17) is 4.74 Å². The number of fused-ring (bicyclic) bond motifs is 1. The molecular formula is C17H14BrFN2O3. The van der Waals surface area contributed by atoms with Gasteiger partial charge in [-0.05, 0) is 53.2 Å². The number of hydrogen-bond donors (Lipinski definition) is 1. The second-order valence-electron chi connectivity index (χ2n) is 5.32.